The van der Waals surface area contributed by atoms with Gasteiger partial charge in [0.1, 0.15) is 17.5 Å². The van der Waals surface area contributed by atoms with E-state index in [-0.39, 0.29) is 29.6 Å². The molecule has 0 aliphatic heterocycles. The smallest absolute Gasteiger partial charge is 0.549 e. The van der Waals surface area contributed by atoms with Crippen molar-refractivity contribution < 1.29 is 66.4 Å². The van der Waals surface area contributed by atoms with Crippen molar-refractivity contribution in [2.45, 2.75) is 12.8 Å². The number of aliphatic carboxylic acids is 1. The zero-order chi connectivity index (χ0) is 13.2. The molecule has 0 heterocycles. The second-order valence-electron chi connectivity index (χ2n) is 3.40. The molecule has 0 aromatic carbocycles. The van der Waals surface area contributed by atoms with Gasteiger partial charge in [-0.1, -0.05) is 0 Å². The molecule has 0 saturated heterocycles. The number of carbonyl (C=O) groups excluding carboxylic acids is 4. The summed E-state index contributed by atoms with van der Waals surface area (Å²) in [6.07, 6.45) is -1.37. The summed E-state index contributed by atoms with van der Waals surface area (Å²) in [6, 6.07) is 0. The molecule has 0 spiro atoms. The molecule has 1 fully saturated rings. The van der Waals surface area contributed by atoms with Gasteiger partial charge in [-0.3, -0.25) is 14.4 Å². The van der Waals surface area contributed by atoms with Crippen LogP contribution in [-0.2, 0) is 34.3 Å². The van der Waals surface area contributed by atoms with E-state index in [1.165, 1.54) is 0 Å². The maximum absolute atomic E-state index is 11.3. The number of hydrogen-bond acceptors (Lipinski definition) is 8. The Bertz CT molecular complexity index is 460. The number of Topliss-reactive ketones (excluding diaryl/α,β-unsaturated/α-hetero) is 2. The number of carbonyl (C=O) groups is 4. The SMILES string of the molecule is O=C([O-])C1CC(=O)C(C(=O)O[SH](=O)=O)CC1=O.[Na+]. The minimum atomic E-state index is -3.46. The van der Waals surface area contributed by atoms with Crippen molar-refractivity contribution in [2.75, 3.05) is 0 Å². The van der Waals surface area contributed by atoms with Crippen LogP contribution in [-0.4, -0.2) is 31.9 Å². The maximum Gasteiger partial charge on any atom is 1.00 e. The topological polar surface area (TPSA) is 135 Å². The molecule has 1 saturated carbocycles. The van der Waals surface area contributed by atoms with Gasteiger partial charge in [-0.2, -0.15) is 8.42 Å². The standard InChI is InChI=1S/C8H8O8S.Na/c9-5-2-4(8(13)16-17(14)15)6(10)1-3(5)7(11)12;/h3-4,17H,1-2H2,(H,11,12);/q;+1/p-1. The van der Waals surface area contributed by atoms with Crippen molar-refractivity contribution in [2.24, 2.45) is 11.8 Å². The molecule has 1 aliphatic rings. The van der Waals surface area contributed by atoms with Crippen LogP contribution in [0.4, 0.5) is 0 Å². The van der Waals surface area contributed by atoms with Crippen LogP contribution in [0.15, 0.2) is 0 Å². The van der Waals surface area contributed by atoms with Crippen LogP contribution < -0.4 is 34.7 Å². The maximum atomic E-state index is 11.3. The number of carboxylic acid groups (broad SMARTS) is 1. The van der Waals surface area contributed by atoms with Crippen LogP contribution in [0.2, 0.25) is 0 Å². The summed E-state index contributed by atoms with van der Waals surface area (Å²) >= 11 is 0. The summed E-state index contributed by atoms with van der Waals surface area (Å²) < 4.78 is 24.0. The molecule has 0 N–H and O–H groups in total. The largest absolute Gasteiger partial charge is 1.00 e. The van der Waals surface area contributed by atoms with E-state index in [4.69, 9.17) is 0 Å². The van der Waals surface area contributed by atoms with Crippen molar-refractivity contribution in [3.05, 3.63) is 0 Å². The third-order valence-corrected chi connectivity index (χ3v) is 2.65. The molecule has 18 heavy (non-hydrogen) atoms. The molecule has 1 rings (SSSR count). The van der Waals surface area contributed by atoms with Gasteiger partial charge in [-0.15, -0.1) is 0 Å². The average molecular weight is 286 g/mol. The van der Waals surface area contributed by atoms with Crippen LogP contribution in [0.5, 0.6) is 0 Å². The number of hydrogen-bond donors (Lipinski definition) is 1. The van der Waals surface area contributed by atoms with Gasteiger partial charge in [0.15, 0.2) is 0 Å². The van der Waals surface area contributed by atoms with E-state index in [1.807, 2.05) is 0 Å². The summed E-state index contributed by atoms with van der Waals surface area (Å²) in [5, 5.41) is 10.5. The summed E-state index contributed by atoms with van der Waals surface area (Å²) in [4.78, 5) is 44.2. The number of thiol groups is 1. The molecule has 0 aromatic heterocycles. The van der Waals surface area contributed by atoms with Gasteiger partial charge < -0.3 is 14.1 Å². The molecule has 8 nitrogen and oxygen atoms in total. The summed E-state index contributed by atoms with van der Waals surface area (Å²) in [7, 11) is -3.46. The van der Waals surface area contributed by atoms with E-state index in [1.54, 1.807) is 0 Å². The van der Waals surface area contributed by atoms with Gasteiger partial charge in [0.05, 0.1) is 11.9 Å². The van der Waals surface area contributed by atoms with Gasteiger partial charge in [0.2, 0.25) is 0 Å². The van der Waals surface area contributed by atoms with Crippen molar-refractivity contribution in [1.29, 1.82) is 0 Å². The zero-order valence-electron chi connectivity index (χ0n) is 9.28. The molecule has 0 amide bonds. The third-order valence-electron chi connectivity index (χ3n) is 2.32. The second kappa shape index (κ2) is 6.98. The second-order valence-corrected chi connectivity index (χ2v) is 4.03. The first kappa shape index (κ1) is 17.2. The van der Waals surface area contributed by atoms with Crippen LogP contribution in [0.3, 0.4) is 0 Å². The Morgan fingerprint density at radius 1 is 1.11 bits per heavy atom. The molecule has 0 bridgehead atoms. The van der Waals surface area contributed by atoms with Crippen LogP contribution in [0, 0.1) is 11.8 Å². The Kier molecular flexibility index (Phi) is 6.68. The first-order chi connectivity index (χ1) is 7.82. The Hall–Kier alpha value is -0.770. The number of ketones is 2. The Labute approximate surface area is 125 Å². The zero-order valence-corrected chi connectivity index (χ0v) is 12.2. The molecule has 2 unspecified atom stereocenters. The van der Waals surface area contributed by atoms with Gasteiger partial charge >= 0.3 is 46.5 Å². The van der Waals surface area contributed by atoms with Crippen molar-refractivity contribution >= 4 is 34.5 Å². The summed E-state index contributed by atoms with van der Waals surface area (Å²) in [5.41, 5.74) is 0. The third kappa shape index (κ3) is 4.16. The molecule has 1 aliphatic carbocycles. The minimum absolute atomic E-state index is 0. The van der Waals surface area contributed by atoms with E-state index >= 15 is 0 Å². The molecule has 10 heteroatoms. The Morgan fingerprint density at radius 2 is 1.56 bits per heavy atom. The first-order valence-corrected chi connectivity index (χ1v) is 5.55. The van der Waals surface area contributed by atoms with Gasteiger partial charge in [0.25, 0.3) is 0 Å². The quantitative estimate of drug-likeness (QED) is 0.308. The molecular weight excluding hydrogens is 279 g/mol. The minimum Gasteiger partial charge on any atom is -0.549 e. The van der Waals surface area contributed by atoms with E-state index in [9.17, 15) is 32.7 Å². The van der Waals surface area contributed by atoms with E-state index < -0.39 is 59.2 Å². The number of carboxylic acids is 1. The molecule has 0 aromatic rings. The first-order valence-electron chi connectivity index (χ1n) is 4.45. The monoisotopic (exact) mass is 286 g/mol. The number of rotatable bonds is 3. The van der Waals surface area contributed by atoms with Gasteiger partial charge in [-0.05, 0) is 0 Å². The van der Waals surface area contributed by atoms with Gasteiger partial charge in [0, 0.05) is 12.8 Å². The molecule has 94 valence electrons. The van der Waals surface area contributed by atoms with Gasteiger partial charge in [-0.25, -0.2) is 0 Å². The van der Waals surface area contributed by atoms with Crippen LogP contribution in [0.25, 0.3) is 0 Å². The summed E-state index contributed by atoms with van der Waals surface area (Å²) in [5.74, 6) is -7.88. The fourth-order valence-corrected chi connectivity index (χ4v) is 1.76. The summed E-state index contributed by atoms with van der Waals surface area (Å²) in [6.45, 7) is 0. The van der Waals surface area contributed by atoms with Crippen molar-refractivity contribution in [3.8, 4) is 0 Å². The Morgan fingerprint density at radius 3 is 2.00 bits per heavy atom. The van der Waals surface area contributed by atoms with Crippen LogP contribution in [0.1, 0.15) is 12.8 Å². The van der Waals surface area contributed by atoms with E-state index in [0.717, 1.165) is 0 Å². The molecular formula is C8H7NaO8S. The van der Waals surface area contributed by atoms with E-state index in [2.05, 4.69) is 4.18 Å². The van der Waals surface area contributed by atoms with Crippen LogP contribution >= 0.6 is 0 Å². The molecule has 0 radical (unpaired) electrons. The fraction of sp³-hybridized carbons (Fsp3) is 0.500. The predicted octanol–water partition coefficient (Wildman–Crippen LogP) is -6.03. The average Bonchev–Trinajstić information content (AvgIpc) is 2.19. The Balaban J connectivity index is 0.00000289. The van der Waals surface area contributed by atoms with Crippen molar-refractivity contribution in [1.82, 2.24) is 0 Å². The molecule has 2 atom stereocenters. The van der Waals surface area contributed by atoms with Crippen molar-refractivity contribution in [3.63, 3.8) is 0 Å². The normalized spacial score (nSPS) is 23.4. The predicted molar refractivity (Wildman–Crippen MR) is 47.6 cm³/mol. The fourth-order valence-electron chi connectivity index (χ4n) is 1.48. The van der Waals surface area contributed by atoms with E-state index in [0.29, 0.717) is 0 Å².